The summed E-state index contributed by atoms with van der Waals surface area (Å²) in [6.07, 6.45) is 3.03. The highest BCUT2D eigenvalue weighted by Crippen LogP contribution is 2.03. The summed E-state index contributed by atoms with van der Waals surface area (Å²) in [6.45, 7) is 6.63. The molecule has 0 aliphatic carbocycles. The minimum absolute atomic E-state index is 0.180. The van der Waals surface area contributed by atoms with Crippen molar-refractivity contribution in [1.29, 1.82) is 0 Å². The van der Waals surface area contributed by atoms with Crippen molar-refractivity contribution in [2.75, 3.05) is 19.6 Å². The molecule has 4 heteroatoms. The van der Waals surface area contributed by atoms with Gasteiger partial charge in [0.05, 0.1) is 0 Å². The fourth-order valence-electron chi connectivity index (χ4n) is 1.71. The third-order valence-electron chi connectivity index (χ3n) is 2.72. The van der Waals surface area contributed by atoms with E-state index in [2.05, 4.69) is 22.5 Å². The lowest BCUT2D eigenvalue weighted by atomic mass is 10.1. The maximum atomic E-state index is 13.0. The van der Waals surface area contributed by atoms with Crippen molar-refractivity contribution in [3.05, 3.63) is 35.6 Å². The molecule has 0 saturated carbocycles. The molecule has 0 aliphatic heterocycles. The first-order valence-electron chi connectivity index (χ1n) is 7.03. The van der Waals surface area contributed by atoms with Crippen molar-refractivity contribution in [1.82, 2.24) is 10.6 Å². The largest absolute Gasteiger partial charge is 0.357 e. The molecule has 0 spiro atoms. The molecule has 0 aliphatic rings. The number of hydrogen-bond donors (Lipinski definition) is 2. The molecule has 0 saturated heterocycles. The van der Waals surface area contributed by atoms with Gasteiger partial charge in [0, 0.05) is 19.6 Å². The highest BCUT2D eigenvalue weighted by atomic mass is 19.1. The molecule has 1 rings (SSSR count). The number of nitrogens with zero attached hydrogens (tertiary/aromatic N) is 1. The van der Waals surface area contributed by atoms with Crippen molar-refractivity contribution < 1.29 is 4.39 Å². The van der Waals surface area contributed by atoms with Crippen LogP contribution in [0.4, 0.5) is 4.39 Å². The van der Waals surface area contributed by atoms with Gasteiger partial charge in [-0.1, -0.05) is 25.5 Å². The average molecular weight is 265 g/mol. The third kappa shape index (κ3) is 6.79. The Bertz CT molecular complexity index is 391. The number of aliphatic imine (C=N–C) groups is 1. The summed E-state index contributed by atoms with van der Waals surface area (Å²) in [5.74, 6) is 0.661. The summed E-state index contributed by atoms with van der Waals surface area (Å²) in [5, 5.41) is 6.47. The lowest BCUT2D eigenvalue weighted by molar-refractivity contribution is 0.625. The maximum absolute atomic E-state index is 13.0. The molecule has 0 unspecified atom stereocenters. The first kappa shape index (κ1) is 15.5. The Kier molecular flexibility index (Phi) is 7.63. The predicted octanol–water partition coefficient (Wildman–Crippen LogP) is 2.72. The second-order valence-corrected chi connectivity index (χ2v) is 4.42. The first-order chi connectivity index (χ1) is 9.26. The van der Waals surface area contributed by atoms with Crippen molar-refractivity contribution in [3.8, 4) is 0 Å². The molecule has 1 aromatic rings. The highest BCUT2D eigenvalue weighted by molar-refractivity contribution is 5.79. The van der Waals surface area contributed by atoms with E-state index in [1.807, 2.05) is 13.0 Å². The van der Waals surface area contributed by atoms with Crippen LogP contribution in [0.25, 0.3) is 0 Å². The zero-order valence-electron chi connectivity index (χ0n) is 11.9. The minimum atomic E-state index is -0.180. The molecule has 3 nitrogen and oxygen atoms in total. The van der Waals surface area contributed by atoms with E-state index in [1.165, 1.54) is 6.07 Å². The predicted molar refractivity (Wildman–Crippen MR) is 79.0 cm³/mol. The number of hydrogen-bond acceptors (Lipinski definition) is 1. The van der Waals surface area contributed by atoms with E-state index in [0.717, 1.165) is 50.4 Å². The molecule has 0 amide bonds. The van der Waals surface area contributed by atoms with Gasteiger partial charge in [0.2, 0.25) is 0 Å². The topological polar surface area (TPSA) is 36.4 Å². The first-order valence-corrected chi connectivity index (χ1v) is 7.03. The molecule has 1 aromatic carbocycles. The van der Waals surface area contributed by atoms with E-state index >= 15 is 0 Å². The Morgan fingerprint density at radius 1 is 1.26 bits per heavy atom. The quantitative estimate of drug-likeness (QED) is 0.452. The van der Waals surface area contributed by atoms with Gasteiger partial charge < -0.3 is 10.6 Å². The molecular formula is C15H24FN3. The zero-order valence-corrected chi connectivity index (χ0v) is 11.9. The molecule has 19 heavy (non-hydrogen) atoms. The van der Waals surface area contributed by atoms with Crippen LogP contribution in [0.3, 0.4) is 0 Å². The molecule has 0 heterocycles. The van der Waals surface area contributed by atoms with Crippen LogP contribution in [-0.4, -0.2) is 25.6 Å². The van der Waals surface area contributed by atoms with E-state index in [1.54, 1.807) is 12.1 Å². The lowest BCUT2D eigenvalue weighted by Crippen LogP contribution is -2.38. The van der Waals surface area contributed by atoms with Crippen molar-refractivity contribution in [2.24, 2.45) is 4.99 Å². The van der Waals surface area contributed by atoms with Gasteiger partial charge in [-0.25, -0.2) is 4.39 Å². The van der Waals surface area contributed by atoms with Crippen molar-refractivity contribution in [3.63, 3.8) is 0 Å². The number of benzene rings is 1. The van der Waals surface area contributed by atoms with Gasteiger partial charge in [0.25, 0.3) is 0 Å². The molecule has 0 aromatic heterocycles. The molecule has 0 radical (unpaired) electrons. The molecule has 0 atom stereocenters. The Morgan fingerprint density at radius 3 is 2.79 bits per heavy atom. The van der Waals surface area contributed by atoms with Crippen molar-refractivity contribution >= 4 is 5.96 Å². The van der Waals surface area contributed by atoms with Gasteiger partial charge in [-0.2, -0.15) is 0 Å². The Labute approximate surface area is 115 Å². The molecule has 0 bridgehead atoms. The number of halogens is 1. The molecule has 0 fully saturated rings. The monoisotopic (exact) mass is 265 g/mol. The van der Waals surface area contributed by atoms with Crippen LogP contribution in [0, 0.1) is 5.82 Å². The van der Waals surface area contributed by atoms with Crippen LogP contribution in [0.5, 0.6) is 0 Å². The van der Waals surface area contributed by atoms with Crippen LogP contribution in [0.15, 0.2) is 29.3 Å². The van der Waals surface area contributed by atoms with Crippen LogP contribution in [0.1, 0.15) is 32.3 Å². The fraction of sp³-hybridized carbons (Fsp3) is 0.533. The summed E-state index contributed by atoms with van der Waals surface area (Å²) < 4.78 is 13.0. The number of rotatable bonds is 7. The summed E-state index contributed by atoms with van der Waals surface area (Å²) in [4.78, 5) is 4.47. The Balaban J connectivity index is 2.37. The van der Waals surface area contributed by atoms with Gasteiger partial charge >= 0.3 is 0 Å². The van der Waals surface area contributed by atoms with Gasteiger partial charge in [-0.15, -0.1) is 0 Å². The van der Waals surface area contributed by atoms with Crippen LogP contribution in [-0.2, 0) is 6.42 Å². The normalized spacial score (nSPS) is 11.4. The van der Waals surface area contributed by atoms with Crippen LogP contribution < -0.4 is 10.6 Å². The summed E-state index contributed by atoms with van der Waals surface area (Å²) in [7, 11) is 0. The van der Waals surface area contributed by atoms with Crippen LogP contribution >= 0.6 is 0 Å². The number of guanidine groups is 1. The molecule has 106 valence electrons. The number of unbranched alkanes of at least 4 members (excludes halogenated alkanes) is 1. The average Bonchev–Trinajstić information content (AvgIpc) is 2.39. The van der Waals surface area contributed by atoms with E-state index in [9.17, 15) is 4.39 Å². The zero-order chi connectivity index (χ0) is 13.9. The fourth-order valence-corrected chi connectivity index (χ4v) is 1.71. The molecular weight excluding hydrogens is 241 g/mol. The molecule has 2 N–H and O–H groups in total. The van der Waals surface area contributed by atoms with Crippen LogP contribution in [0.2, 0.25) is 0 Å². The summed E-state index contributed by atoms with van der Waals surface area (Å²) in [6, 6.07) is 6.72. The van der Waals surface area contributed by atoms with E-state index in [0.29, 0.717) is 0 Å². The maximum Gasteiger partial charge on any atom is 0.191 e. The summed E-state index contributed by atoms with van der Waals surface area (Å²) >= 11 is 0. The number of nitrogens with one attached hydrogen (secondary N) is 2. The second-order valence-electron chi connectivity index (χ2n) is 4.42. The van der Waals surface area contributed by atoms with E-state index in [4.69, 9.17) is 0 Å². The van der Waals surface area contributed by atoms with Crippen molar-refractivity contribution in [2.45, 2.75) is 33.1 Å². The van der Waals surface area contributed by atoms with E-state index < -0.39 is 0 Å². The highest BCUT2D eigenvalue weighted by Gasteiger charge is 1.98. The Hall–Kier alpha value is -1.58. The summed E-state index contributed by atoms with van der Waals surface area (Å²) in [5.41, 5.74) is 0.997. The van der Waals surface area contributed by atoms with Gasteiger partial charge in [0.15, 0.2) is 5.96 Å². The third-order valence-corrected chi connectivity index (χ3v) is 2.72. The van der Waals surface area contributed by atoms with Gasteiger partial charge in [-0.3, -0.25) is 4.99 Å². The van der Waals surface area contributed by atoms with Gasteiger partial charge in [-0.05, 0) is 37.5 Å². The lowest BCUT2D eigenvalue weighted by Gasteiger charge is -2.11. The second kappa shape index (κ2) is 9.36. The van der Waals surface area contributed by atoms with Gasteiger partial charge in [0.1, 0.15) is 5.82 Å². The SMILES string of the molecule is CCCCN=C(NCC)NCCc1cccc(F)c1. The standard InChI is InChI=1S/C15H24FN3/c1-3-5-10-18-15(17-4-2)19-11-9-13-7-6-8-14(16)12-13/h6-8,12H,3-5,9-11H2,1-2H3,(H2,17,18,19). The van der Waals surface area contributed by atoms with E-state index in [-0.39, 0.29) is 5.82 Å². The Morgan fingerprint density at radius 2 is 2.11 bits per heavy atom. The minimum Gasteiger partial charge on any atom is -0.357 e. The smallest absolute Gasteiger partial charge is 0.191 e.